The summed E-state index contributed by atoms with van der Waals surface area (Å²) in [4.78, 5) is 11.5. The molecule has 1 rings (SSSR count). The highest BCUT2D eigenvalue weighted by Crippen LogP contribution is 2.27. The molecule has 5 heteroatoms. The van der Waals surface area contributed by atoms with Crippen molar-refractivity contribution in [2.45, 2.75) is 13.3 Å². The van der Waals surface area contributed by atoms with E-state index in [1.807, 2.05) is 19.1 Å². The summed E-state index contributed by atoms with van der Waals surface area (Å²) in [6.45, 7) is 3.16. The predicted molar refractivity (Wildman–Crippen MR) is 72.7 cm³/mol. The molecule has 0 aliphatic heterocycles. The number of ether oxygens (including phenoxy) is 3. The molecule has 0 fully saturated rings. The van der Waals surface area contributed by atoms with Gasteiger partial charge in [-0.1, -0.05) is 6.07 Å². The molecule has 0 heterocycles. The van der Waals surface area contributed by atoms with E-state index in [4.69, 9.17) is 14.2 Å². The number of carbonyl (C=O) groups excluding carboxylic acids is 1. The average molecular weight is 267 g/mol. The van der Waals surface area contributed by atoms with Gasteiger partial charge in [0.2, 0.25) is 0 Å². The number of aryl methyl sites for hydroxylation is 1. The van der Waals surface area contributed by atoms with Crippen molar-refractivity contribution in [3.05, 3.63) is 23.8 Å². The summed E-state index contributed by atoms with van der Waals surface area (Å²) in [5, 5.41) is 2.75. The third kappa shape index (κ3) is 5.61. The number of benzene rings is 1. The number of hydrogen-bond donors (Lipinski definition) is 1. The Bertz CT molecular complexity index is 406. The average Bonchev–Trinajstić information content (AvgIpc) is 2.42. The van der Waals surface area contributed by atoms with Crippen LogP contribution in [0.4, 0.5) is 0 Å². The smallest absolute Gasteiger partial charge is 0.257 e. The second-order valence-electron chi connectivity index (χ2n) is 4.14. The Morgan fingerprint density at radius 3 is 2.74 bits per heavy atom. The highest BCUT2D eigenvalue weighted by molar-refractivity contribution is 5.77. The van der Waals surface area contributed by atoms with Crippen molar-refractivity contribution in [3.8, 4) is 11.5 Å². The van der Waals surface area contributed by atoms with Crippen molar-refractivity contribution < 1.29 is 19.0 Å². The fraction of sp³-hybridized carbons (Fsp3) is 0.500. The SMILES string of the molecule is COCCCNC(=O)COc1ccc(C)cc1OC. The van der Waals surface area contributed by atoms with Crippen molar-refractivity contribution in [2.24, 2.45) is 0 Å². The Morgan fingerprint density at radius 1 is 1.26 bits per heavy atom. The normalized spacial score (nSPS) is 10.1. The maximum absolute atomic E-state index is 11.5. The molecule has 0 atom stereocenters. The van der Waals surface area contributed by atoms with E-state index >= 15 is 0 Å². The van der Waals surface area contributed by atoms with Gasteiger partial charge in [-0.25, -0.2) is 0 Å². The fourth-order valence-electron chi connectivity index (χ4n) is 1.53. The summed E-state index contributed by atoms with van der Waals surface area (Å²) in [5.74, 6) is 1.05. The standard InChI is InChI=1S/C14H21NO4/c1-11-5-6-12(13(9-11)18-3)19-10-14(16)15-7-4-8-17-2/h5-6,9H,4,7-8,10H2,1-3H3,(H,15,16). The van der Waals surface area contributed by atoms with Crippen molar-refractivity contribution >= 4 is 5.91 Å². The second-order valence-corrected chi connectivity index (χ2v) is 4.14. The first-order valence-corrected chi connectivity index (χ1v) is 6.20. The fourth-order valence-corrected chi connectivity index (χ4v) is 1.53. The lowest BCUT2D eigenvalue weighted by molar-refractivity contribution is -0.123. The van der Waals surface area contributed by atoms with Gasteiger partial charge >= 0.3 is 0 Å². The molecule has 106 valence electrons. The minimum atomic E-state index is -0.154. The lowest BCUT2D eigenvalue weighted by atomic mass is 10.2. The molecular weight excluding hydrogens is 246 g/mol. The van der Waals surface area contributed by atoms with Crippen molar-refractivity contribution in [3.63, 3.8) is 0 Å². The third-order valence-corrected chi connectivity index (χ3v) is 2.53. The van der Waals surface area contributed by atoms with E-state index in [1.165, 1.54) is 0 Å². The molecule has 0 unspecified atom stereocenters. The first kappa shape index (κ1) is 15.3. The van der Waals surface area contributed by atoms with Gasteiger partial charge < -0.3 is 19.5 Å². The molecule has 1 aromatic rings. The molecule has 0 saturated heterocycles. The molecule has 0 spiro atoms. The highest BCUT2D eigenvalue weighted by atomic mass is 16.5. The lowest BCUT2D eigenvalue weighted by Crippen LogP contribution is -2.30. The van der Waals surface area contributed by atoms with Gasteiger partial charge in [-0.2, -0.15) is 0 Å². The van der Waals surface area contributed by atoms with E-state index < -0.39 is 0 Å². The van der Waals surface area contributed by atoms with Crippen molar-refractivity contribution in [1.29, 1.82) is 0 Å². The van der Waals surface area contributed by atoms with E-state index in [2.05, 4.69) is 5.32 Å². The van der Waals surface area contributed by atoms with E-state index in [-0.39, 0.29) is 12.5 Å². The third-order valence-electron chi connectivity index (χ3n) is 2.53. The van der Waals surface area contributed by atoms with Crippen LogP contribution in [0.1, 0.15) is 12.0 Å². The Kier molecular flexibility index (Phi) is 6.74. The number of methoxy groups -OCH3 is 2. The molecule has 1 amide bonds. The van der Waals surface area contributed by atoms with E-state index in [9.17, 15) is 4.79 Å². The molecule has 0 aromatic heterocycles. The predicted octanol–water partition coefficient (Wildman–Crippen LogP) is 1.54. The Morgan fingerprint density at radius 2 is 2.05 bits per heavy atom. The zero-order chi connectivity index (χ0) is 14.1. The maximum Gasteiger partial charge on any atom is 0.257 e. The number of hydrogen-bond acceptors (Lipinski definition) is 4. The molecule has 5 nitrogen and oxygen atoms in total. The number of rotatable bonds is 8. The minimum absolute atomic E-state index is 0.0214. The number of carbonyl (C=O) groups is 1. The van der Waals surface area contributed by atoms with Gasteiger partial charge in [0, 0.05) is 20.3 Å². The van der Waals surface area contributed by atoms with Gasteiger partial charge in [0.25, 0.3) is 5.91 Å². The minimum Gasteiger partial charge on any atom is -0.493 e. The largest absolute Gasteiger partial charge is 0.493 e. The van der Waals surface area contributed by atoms with E-state index in [0.717, 1.165) is 12.0 Å². The maximum atomic E-state index is 11.5. The quantitative estimate of drug-likeness (QED) is 0.726. The molecule has 0 aliphatic carbocycles. The zero-order valence-corrected chi connectivity index (χ0v) is 11.7. The second kappa shape index (κ2) is 8.37. The molecule has 0 radical (unpaired) electrons. The van der Waals surface area contributed by atoms with Crippen LogP contribution in [0.2, 0.25) is 0 Å². The number of nitrogens with one attached hydrogen (secondary N) is 1. The van der Waals surface area contributed by atoms with Crippen molar-refractivity contribution in [1.82, 2.24) is 5.32 Å². The number of amides is 1. The molecular formula is C14H21NO4. The van der Waals surface area contributed by atoms with E-state index in [0.29, 0.717) is 24.7 Å². The summed E-state index contributed by atoms with van der Waals surface area (Å²) in [5.41, 5.74) is 1.08. The Hall–Kier alpha value is -1.75. The topological polar surface area (TPSA) is 56.8 Å². The van der Waals surface area contributed by atoms with E-state index in [1.54, 1.807) is 20.3 Å². The first-order chi connectivity index (χ1) is 9.17. The Labute approximate surface area is 113 Å². The summed E-state index contributed by atoms with van der Waals surface area (Å²) in [6, 6.07) is 5.58. The van der Waals surface area contributed by atoms with Crippen molar-refractivity contribution in [2.75, 3.05) is 34.0 Å². The molecule has 0 bridgehead atoms. The Balaban J connectivity index is 2.37. The van der Waals surface area contributed by atoms with Gasteiger partial charge in [0.05, 0.1) is 7.11 Å². The highest BCUT2D eigenvalue weighted by Gasteiger charge is 2.07. The van der Waals surface area contributed by atoms with Crippen LogP contribution in [-0.4, -0.2) is 39.9 Å². The van der Waals surface area contributed by atoms with Crippen LogP contribution in [-0.2, 0) is 9.53 Å². The molecule has 1 aromatic carbocycles. The molecule has 19 heavy (non-hydrogen) atoms. The van der Waals surface area contributed by atoms with Gasteiger partial charge in [-0.3, -0.25) is 4.79 Å². The molecule has 0 saturated carbocycles. The zero-order valence-electron chi connectivity index (χ0n) is 11.7. The van der Waals surface area contributed by atoms with Gasteiger partial charge in [-0.15, -0.1) is 0 Å². The summed E-state index contributed by atoms with van der Waals surface area (Å²) in [7, 11) is 3.21. The van der Waals surface area contributed by atoms with Crippen LogP contribution in [0, 0.1) is 6.92 Å². The van der Waals surface area contributed by atoms with Crippen LogP contribution >= 0.6 is 0 Å². The van der Waals surface area contributed by atoms with Crippen LogP contribution < -0.4 is 14.8 Å². The van der Waals surface area contributed by atoms with Crippen LogP contribution in [0.3, 0.4) is 0 Å². The van der Waals surface area contributed by atoms with Gasteiger partial charge in [0.1, 0.15) is 0 Å². The lowest BCUT2D eigenvalue weighted by Gasteiger charge is -2.11. The summed E-state index contributed by atoms with van der Waals surface area (Å²) < 4.78 is 15.5. The van der Waals surface area contributed by atoms with Crippen LogP contribution in [0.25, 0.3) is 0 Å². The van der Waals surface area contributed by atoms with Gasteiger partial charge in [-0.05, 0) is 31.0 Å². The molecule has 0 aliphatic rings. The monoisotopic (exact) mass is 267 g/mol. The summed E-state index contributed by atoms with van der Waals surface area (Å²) in [6.07, 6.45) is 0.788. The summed E-state index contributed by atoms with van der Waals surface area (Å²) >= 11 is 0. The van der Waals surface area contributed by atoms with Gasteiger partial charge in [0.15, 0.2) is 18.1 Å². The van der Waals surface area contributed by atoms with Crippen LogP contribution in [0.15, 0.2) is 18.2 Å². The van der Waals surface area contributed by atoms with Crippen LogP contribution in [0.5, 0.6) is 11.5 Å². The molecule has 1 N–H and O–H groups in total. The first-order valence-electron chi connectivity index (χ1n) is 6.20.